The van der Waals surface area contributed by atoms with E-state index < -0.39 is 0 Å². The van der Waals surface area contributed by atoms with Crippen LogP contribution in [0.4, 0.5) is 0 Å². The maximum atomic E-state index is 10.1. The first-order chi connectivity index (χ1) is 11.2. The Kier molecular flexibility index (Phi) is 6.95. The number of aliphatic hydroxyl groups is 1. The first-order valence-electron chi connectivity index (χ1n) is 8.27. The number of methoxy groups -OCH3 is 1. The van der Waals surface area contributed by atoms with Crippen molar-refractivity contribution < 1.29 is 14.9 Å². The van der Waals surface area contributed by atoms with Crippen LogP contribution >= 0.6 is 0 Å². The Bertz CT molecular complexity index is 581. The van der Waals surface area contributed by atoms with E-state index in [0.717, 1.165) is 44.1 Å². The Balaban J connectivity index is 1.66. The summed E-state index contributed by atoms with van der Waals surface area (Å²) >= 11 is 0. The fraction of sp³-hybridized carbons (Fsp3) is 0.400. The fourth-order valence-corrected chi connectivity index (χ4v) is 2.71. The van der Waals surface area contributed by atoms with Crippen LogP contribution in [0, 0.1) is 0 Å². The zero-order valence-corrected chi connectivity index (χ0v) is 13.7. The summed E-state index contributed by atoms with van der Waals surface area (Å²) in [6.45, 7) is 0. The lowest BCUT2D eigenvalue weighted by Gasteiger charge is -2.11. The maximum absolute atomic E-state index is 10.1. The third-order valence-corrected chi connectivity index (χ3v) is 4.11. The number of aliphatic hydroxyl groups excluding tert-OH is 1. The largest absolute Gasteiger partial charge is 0.504 e. The monoisotopic (exact) mass is 314 g/mol. The molecule has 2 rings (SSSR count). The van der Waals surface area contributed by atoms with Gasteiger partial charge in [0.1, 0.15) is 0 Å². The highest BCUT2D eigenvalue weighted by Crippen LogP contribution is 2.27. The summed E-state index contributed by atoms with van der Waals surface area (Å²) in [7, 11) is 1.54. The zero-order valence-electron chi connectivity index (χ0n) is 13.7. The number of phenolic OH excluding ortho intramolecular Hbond substituents is 1. The van der Waals surface area contributed by atoms with Gasteiger partial charge in [0.2, 0.25) is 0 Å². The zero-order chi connectivity index (χ0) is 16.5. The van der Waals surface area contributed by atoms with Crippen molar-refractivity contribution in [3.05, 3.63) is 59.7 Å². The van der Waals surface area contributed by atoms with E-state index in [9.17, 15) is 10.2 Å². The molecule has 0 radical (unpaired) electrons. The molecule has 0 saturated carbocycles. The number of aryl methyl sites for hydroxylation is 2. The lowest BCUT2D eigenvalue weighted by molar-refractivity contribution is 0.151. The van der Waals surface area contributed by atoms with Gasteiger partial charge in [0.25, 0.3) is 0 Å². The van der Waals surface area contributed by atoms with Crippen LogP contribution in [0.15, 0.2) is 48.5 Å². The van der Waals surface area contributed by atoms with Gasteiger partial charge < -0.3 is 14.9 Å². The number of hydrogen-bond donors (Lipinski definition) is 2. The molecule has 0 aliphatic rings. The van der Waals surface area contributed by atoms with Gasteiger partial charge in [-0.25, -0.2) is 0 Å². The molecule has 0 aliphatic heterocycles. The summed E-state index contributed by atoms with van der Waals surface area (Å²) < 4.78 is 5.10. The molecule has 2 aromatic rings. The van der Waals surface area contributed by atoms with Gasteiger partial charge in [-0.15, -0.1) is 0 Å². The van der Waals surface area contributed by atoms with Crippen molar-refractivity contribution in [2.24, 2.45) is 0 Å². The molecule has 0 amide bonds. The number of hydrogen-bond acceptors (Lipinski definition) is 3. The van der Waals surface area contributed by atoms with Gasteiger partial charge in [-0.1, -0.05) is 42.8 Å². The molecule has 0 bridgehead atoms. The van der Waals surface area contributed by atoms with Gasteiger partial charge in [-0.2, -0.15) is 0 Å². The molecule has 2 aromatic carbocycles. The molecular weight excluding hydrogens is 288 g/mol. The fourth-order valence-electron chi connectivity index (χ4n) is 2.71. The number of ether oxygens (including phenoxy) is 1. The highest BCUT2D eigenvalue weighted by atomic mass is 16.5. The second-order valence-electron chi connectivity index (χ2n) is 5.93. The Hall–Kier alpha value is -2.00. The van der Waals surface area contributed by atoms with Crippen molar-refractivity contribution in [3.63, 3.8) is 0 Å². The van der Waals surface area contributed by atoms with Crippen molar-refractivity contribution in [3.8, 4) is 11.5 Å². The summed E-state index contributed by atoms with van der Waals surface area (Å²) in [5, 5.41) is 19.7. The van der Waals surface area contributed by atoms with Crippen LogP contribution in [0.5, 0.6) is 11.5 Å². The Morgan fingerprint density at radius 1 is 0.913 bits per heavy atom. The molecule has 1 unspecified atom stereocenters. The van der Waals surface area contributed by atoms with E-state index >= 15 is 0 Å². The topological polar surface area (TPSA) is 49.7 Å². The standard InChI is InChI=1S/C20H26O3/c1-23-20-15-17(12-14-19(20)22)11-13-18(21)10-6-5-9-16-7-3-2-4-8-16/h2-4,7-8,12,14-15,18,21-22H,5-6,9-11,13H2,1H3. The summed E-state index contributed by atoms with van der Waals surface area (Å²) in [6.07, 6.45) is 5.30. The molecule has 0 aromatic heterocycles. The molecule has 0 aliphatic carbocycles. The van der Waals surface area contributed by atoms with Gasteiger partial charge in [-0.05, 0) is 55.4 Å². The minimum Gasteiger partial charge on any atom is -0.504 e. The number of unbranched alkanes of at least 4 members (excludes halogenated alkanes) is 1. The van der Waals surface area contributed by atoms with Crippen LogP contribution in [-0.4, -0.2) is 23.4 Å². The average molecular weight is 314 g/mol. The van der Waals surface area contributed by atoms with Crippen LogP contribution in [-0.2, 0) is 12.8 Å². The van der Waals surface area contributed by atoms with Crippen molar-refractivity contribution in [1.82, 2.24) is 0 Å². The van der Waals surface area contributed by atoms with Crippen LogP contribution in [0.1, 0.15) is 36.8 Å². The summed E-state index contributed by atoms with van der Waals surface area (Å²) in [5.41, 5.74) is 2.43. The minimum atomic E-state index is -0.273. The van der Waals surface area contributed by atoms with Crippen LogP contribution in [0.25, 0.3) is 0 Å². The van der Waals surface area contributed by atoms with E-state index in [4.69, 9.17) is 4.74 Å². The molecular formula is C20H26O3. The van der Waals surface area contributed by atoms with Gasteiger partial charge in [0.05, 0.1) is 13.2 Å². The second-order valence-corrected chi connectivity index (χ2v) is 5.93. The number of rotatable bonds is 9. The van der Waals surface area contributed by atoms with E-state index in [0.29, 0.717) is 5.75 Å². The number of phenols is 1. The van der Waals surface area contributed by atoms with Crippen molar-refractivity contribution in [1.29, 1.82) is 0 Å². The lowest BCUT2D eigenvalue weighted by Crippen LogP contribution is -2.08. The molecule has 124 valence electrons. The summed E-state index contributed by atoms with van der Waals surface area (Å²) in [6, 6.07) is 15.8. The predicted octanol–water partition coefficient (Wildman–Crippen LogP) is 4.11. The van der Waals surface area contributed by atoms with Gasteiger partial charge in [-0.3, -0.25) is 0 Å². The highest BCUT2D eigenvalue weighted by molar-refractivity contribution is 5.41. The molecule has 2 N–H and O–H groups in total. The van der Waals surface area contributed by atoms with Crippen LogP contribution < -0.4 is 4.74 Å². The van der Waals surface area contributed by atoms with E-state index in [1.165, 1.54) is 5.56 Å². The molecule has 3 heteroatoms. The van der Waals surface area contributed by atoms with Gasteiger partial charge in [0.15, 0.2) is 11.5 Å². The Labute approximate surface area is 138 Å². The summed E-state index contributed by atoms with van der Waals surface area (Å²) in [5.74, 6) is 0.637. The molecule has 0 heterocycles. The number of benzene rings is 2. The third kappa shape index (κ3) is 5.95. The number of aromatic hydroxyl groups is 1. The van der Waals surface area contributed by atoms with E-state index in [1.807, 2.05) is 18.2 Å². The molecule has 23 heavy (non-hydrogen) atoms. The quantitative estimate of drug-likeness (QED) is 0.685. The Morgan fingerprint density at radius 3 is 2.43 bits per heavy atom. The van der Waals surface area contributed by atoms with Crippen molar-refractivity contribution >= 4 is 0 Å². The second kappa shape index (κ2) is 9.21. The molecule has 0 spiro atoms. The normalized spacial score (nSPS) is 12.1. The summed E-state index contributed by atoms with van der Waals surface area (Å²) in [4.78, 5) is 0. The lowest BCUT2D eigenvalue weighted by atomic mass is 10.0. The van der Waals surface area contributed by atoms with Crippen LogP contribution in [0.3, 0.4) is 0 Å². The SMILES string of the molecule is COc1cc(CCC(O)CCCCc2ccccc2)ccc1O. The maximum Gasteiger partial charge on any atom is 0.160 e. The van der Waals surface area contributed by atoms with Crippen molar-refractivity contribution in [2.45, 2.75) is 44.6 Å². The Morgan fingerprint density at radius 2 is 1.70 bits per heavy atom. The third-order valence-electron chi connectivity index (χ3n) is 4.11. The highest BCUT2D eigenvalue weighted by Gasteiger charge is 2.07. The first-order valence-corrected chi connectivity index (χ1v) is 8.27. The first kappa shape index (κ1) is 17.4. The molecule has 1 atom stereocenters. The molecule has 3 nitrogen and oxygen atoms in total. The van der Waals surface area contributed by atoms with Crippen molar-refractivity contribution in [2.75, 3.05) is 7.11 Å². The van der Waals surface area contributed by atoms with Crippen LogP contribution in [0.2, 0.25) is 0 Å². The van der Waals surface area contributed by atoms with E-state index in [1.54, 1.807) is 13.2 Å². The molecule has 0 saturated heterocycles. The van der Waals surface area contributed by atoms with Gasteiger partial charge in [0, 0.05) is 0 Å². The minimum absolute atomic E-state index is 0.151. The van der Waals surface area contributed by atoms with E-state index in [-0.39, 0.29) is 11.9 Å². The predicted molar refractivity (Wildman–Crippen MR) is 93.0 cm³/mol. The van der Waals surface area contributed by atoms with Gasteiger partial charge >= 0.3 is 0 Å². The molecule has 0 fully saturated rings. The smallest absolute Gasteiger partial charge is 0.160 e. The van der Waals surface area contributed by atoms with E-state index in [2.05, 4.69) is 24.3 Å². The average Bonchev–Trinajstić information content (AvgIpc) is 2.59.